The summed E-state index contributed by atoms with van der Waals surface area (Å²) in [5.74, 6) is 1.36. The van der Waals surface area contributed by atoms with E-state index in [9.17, 15) is 0 Å². The van der Waals surface area contributed by atoms with Gasteiger partial charge in [-0.1, -0.05) is 24.3 Å². The van der Waals surface area contributed by atoms with Gasteiger partial charge in [-0.05, 0) is 68.2 Å². The van der Waals surface area contributed by atoms with Crippen LogP contribution >= 0.6 is 0 Å². The molecule has 0 bridgehead atoms. The molecule has 164 valence electrons. The van der Waals surface area contributed by atoms with Crippen molar-refractivity contribution in [3.8, 4) is 0 Å². The maximum Gasteiger partial charge on any atom is 0.316 e. The fourth-order valence-electron chi connectivity index (χ4n) is 6.20. The minimum absolute atomic E-state index is 0.0222. The molecular weight excluding hydrogens is 390 g/mol. The maximum absolute atomic E-state index is 6.30. The lowest BCUT2D eigenvalue weighted by Gasteiger charge is -2.46. The molecule has 2 aromatic rings. The normalized spacial score (nSPS) is 27.4. The zero-order valence-electron chi connectivity index (χ0n) is 18.1. The van der Waals surface area contributed by atoms with E-state index in [1.807, 2.05) is 0 Å². The number of aromatic nitrogens is 1. The molecule has 0 saturated carbocycles. The summed E-state index contributed by atoms with van der Waals surface area (Å²) in [4.78, 5) is 8.88. The lowest BCUT2D eigenvalue weighted by molar-refractivity contribution is -0.0216. The number of piperidine rings is 1. The average Bonchev–Trinajstić information content (AvgIpc) is 3.49. The summed E-state index contributed by atoms with van der Waals surface area (Å²) in [6.45, 7) is 6.73. The van der Waals surface area contributed by atoms with Crippen LogP contribution < -0.4 is 4.90 Å². The number of likely N-dealkylation sites (tertiary alicyclic amines) is 1. The molecule has 1 atom stereocenters. The molecular formula is C25H31N3O3. The van der Waals surface area contributed by atoms with Crippen molar-refractivity contribution in [2.75, 3.05) is 50.9 Å². The van der Waals surface area contributed by atoms with Crippen LogP contribution in [0.15, 0.2) is 28.7 Å². The van der Waals surface area contributed by atoms with Crippen molar-refractivity contribution in [3.05, 3.63) is 47.9 Å². The van der Waals surface area contributed by atoms with Crippen LogP contribution in [0.3, 0.4) is 0 Å². The summed E-state index contributed by atoms with van der Waals surface area (Å²) in [6.07, 6.45) is 11.1. The van der Waals surface area contributed by atoms with Gasteiger partial charge in [0.15, 0.2) is 0 Å². The first-order valence-corrected chi connectivity index (χ1v) is 11.8. The van der Waals surface area contributed by atoms with Crippen molar-refractivity contribution in [3.63, 3.8) is 0 Å². The number of hydrogen-bond donors (Lipinski definition) is 0. The second kappa shape index (κ2) is 8.12. The maximum atomic E-state index is 6.30. The van der Waals surface area contributed by atoms with Crippen molar-refractivity contribution in [1.29, 1.82) is 0 Å². The first kappa shape index (κ1) is 19.6. The summed E-state index contributed by atoms with van der Waals surface area (Å²) in [7, 11) is 0. The minimum atomic E-state index is -0.0222. The molecule has 5 heterocycles. The molecule has 31 heavy (non-hydrogen) atoms. The van der Waals surface area contributed by atoms with E-state index in [1.165, 1.54) is 25.9 Å². The largest absolute Gasteiger partial charge is 0.381 e. The molecule has 1 spiro atoms. The van der Waals surface area contributed by atoms with Crippen LogP contribution in [-0.2, 0) is 9.47 Å². The van der Waals surface area contributed by atoms with E-state index in [1.54, 1.807) is 11.1 Å². The standard InChI is InChI=1S/C25H31N3O3/c1-2-4-23(20-7-12-29-13-8-20)22(3-1)19-5-10-27(11-6-19)21-15-25(31-16-21)17-28(18-25)24-26-9-14-30-24/h1-4,19-21H,5-8,10-13,15-18H2/t21-/m0/s1. The highest BCUT2D eigenvalue weighted by molar-refractivity contribution is 5.35. The number of ether oxygens (including phenoxy) is 2. The Morgan fingerprint density at radius 2 is 1.68 bits per heavy atom. The lowest BCUT2D eigenvalue weighted by atomic mass is 9.80. The highest BCUT2D eigenvalue weighted by Crippen LogP contribution is 2.41. The Hall–Kier alpha value is -2.07. The highest BCUT2D eigenvalue weighted by atomic mass is 16.5. The average molecular weight is 422 g/mol. The van der Waals surface area contributed by atoms with Gasteiger partial charge in [-0.2, -0.15) is 0 Å². The zero-order valence-corrected chi connectivity index (χ0v) is 18.1. The Morgan fingerprint density at radius 3 is 2.35 bits per heavy atom. The molecule has 6 heteroatoms. The van der Waals surface area contributed by atoms with Crippen LogP contribution in [0.1, 0.15) is 55.1 Å². The first-order valence-electron chi connectivity index (χ1n) is 11.8. The molecule has 4 aliphatic rings. The number of nitrogens with zero attached hydrogens (tertiary/aromatic N) is 3. The highest BCUT2D eigenvalue weighted by Gasteiger charge is 2.52. The molecule has 6 rings (SSSR count). The number of rotatable bonds is 4. The molecule has 1 aromatic heterocycles. The summed E-state index contributed by atoms with van der Waals surface area (Å²) in [6, 6.07) is 10.4. The Bertz CT molecular complexity index is 866. The van der Waals surface area contributed by atoms with E-state index in [2.05, 4.69) is 51.5 Å². The van der Waals surface area contributed by atoms with Crippen LogP contribution in [0.25, 0.3) is 0 Å². The van der Waals surface area contributed by atoms with Crippen molar-refractivity contribution < 1.29 is 13.9 Å². The van der Waals surface area contributed by atoms with E-state index in [0.29, 0.717) is 23.9 Å². The van der Waals surface area contributed by atoms with Crippen LogP contribution in [0, 0.1) is 12.5 Å². The molecule has 0 aliphatic carbocycles. The lowest BCUT2D eigenvalue weighted by Crippen LogP contribution is -2.62. The molecule has 4 fully saturated rings. The molecule has 0 radical (unpaired) electrons. The first-order chi connectivity index (χ1) is 15.3. The van der Waals surface area contributed by atoms with Gasteiger partial charge in [0, 0.05) is 19.3 Å². The van der Waals surface area contributed by atoms with Crippen molar-refractivity contribution >= 4 is 6.01 Å². The number of hydrogen-bond acceptors (Lipinski definition) is 6. The molecule has 0 unspecified atom stereocenters. The van der Waals surface area contributed by atoms with Gasteiger partial charge in [-0.3, -0.25) is 4.90 Å². The van der Waals surface area contributed by atoms with Crippen LogP contribution in [-0.4, -0.2) is 67.5 Å². The van der Waals surface area contributed by atoms with E-state index in [0.717, 1.165) is 52.2 Å². The van der Waals surface area contributed by atoms with Crippen molar-refractivity contribution in [2.24, 2.45) is 0 Å². The molecule has 4 saturated heterocycles. The minimum Gasteiger partial charge on any atom is -0.381 e. The third-order valence-electron chi connectivity index (χ3n) is 7.90. The molecule has 4 aliphatic heterocycles. The van der Waals surface area contributed by atoms with Gasteiger partial charge in [0.05, 0.1) is 25.9 Å². The smallest absolute Gasteiger partial charge is 0.316 e. The van der Waals surface area contributed by atoms with Gasteiger partial charge in [-0.15, -0.1) is 4.98 Å². The van der Waals surface area contributed by atoms with E-state index < -0.39 is 0 Å². The van der Waals surface area contributed by atoms with Gasteiger partial charge in [0.1, 0.15) is 11.9 Å². The second-order valence-electron chi connectivity index (χ2n) is 9.74. The molecule has 6 nitrogen and oxygen atoms in total. The fraction of sp³-hybridized carbons (Fsp3) is 0.640. The third-order valence-corrected chi connectivity index (χ3v) is 7.90. The SMILES string of the molecule is c1nc(N2CC3(C[C@H](N4CCC(c5ccccc5C5CCOCC5)CC4)CO3)C2)oc#1. The zero-order chi connectivity index (χ0) is 20.7. The molecule has 0 N–H and O–H groups in total. The van der Waals surface area contributed by atoms with E-state index >= 15 is 0 Å². The third kappa shape index (κ3) is 3.73. The number of benzene rings is 1. The number of anilines is 1. The summed E-state index contributed by atoms with van der Waals surface area (Å²) >= 11 is 0. The monoisotopic (exact) mass is 421 g/mol. The van der Waals surface area contributed by atoms with Gasteiger partial charge in [0.25, 0.3) is 0 Å². The predicted molar refractivity (Wildman–Crippen MR) is 116 cm³/mol. The van der Waals surface area contributed by atoms with Gasteiger partial charge < -0.3 is 18.8 Å². The molecule has 0 amide bonds. The Labute approximate surface area is 184 Å². The topological polar surface area (TPSA) is 51.0 Å². The molecule has 1 aromatic carbocycles. The van der Waals surface area contributed by atoms with Gasteiger partial charge in [0.2, 0.25) is 0 Å². The Morgan fingerprint density at radius 1 is 0.968 bits per heavy atom. The summed E-state index contributed by atoms with van der Waals surface area (Å²) in [5, 5.41) is 0. The van der Waals surface area contributed by atoms with Crippen molar-refractivity contribution in [1.82, 2.24) is 9.88 Å². The Kier molecular flexibility index (Phi) is 5.14. The van der Waals surface area contributed by atoms with Crippen LogP contribution in [0.4, 0.5) is 6.01 Å². The fourth-order valence-corrected chi connectivity index (χ4v) is 6.20. The quantitative estimate of drug-likeness (QED) is 0.754. The second-order valence-corrected chi connectivity index (χ2v) is 9.74. The summed E-state index contributed by atoms with van der Waals surface area (Å²) in [5.41, 5.74) is 3.16. The van der Waals surface area contributed by atoms with Crippen molar-refractivity contribution in [2.45, 2.75) is 55.6 Å². The van der Waals surface area contributed by atoms with Crippen LogP contribution in [0.5, 0.6) is 0 Å². The van der Waals surface area contributed by atoms with Gasteiger partial charge >= 0.3 is 6.01 Å². The Balaban J connectivity index is 1.05. The van der Waals surface area contributed by atoms with Crippen LogP contribution in [0.2, 0.25) is 0 Å². The van der Waals surface area contributed by atoms with Gasteiger partial charge in [-0.25, -0.2) is 0 Å². The van der Waals surface area contributed by atoms with E-state index in [-0.39, 0.29) is 5.60 Å². The predicted octanol–water partition coefficient (Wildman–Crippen LogP) is 3.40. The summed E-state index contributed by atoms with van der Waals surface area (Å²) < 4.78 is 17.2. The van der Waals surface area contributed by atoms with E-state index in [4.69, 9.17) is 13.9 Å².